The lowest BCUT2D eigenvalue weighted by atomic mass is 10.3. The van der Waals surface area contributed by atoms with E-state index in [0.29, 0.717) is 0 Å². The molecule has 0 bridgehead atoms. The first-order valence-corrected chi connectivity index (χ1v) is 5.45. The van der Waals surface area contributed by atoms with Crippen LogP contribution in [0.1, 0.15) is 5.56 Å². The molecule has 0 saturated carbocycles. The molecule has 86 valence electrons. The summed E-state index contributed by atoms with van der Waals surface area (Å²) >= 11 is 6.35. The van der Waals surface area contributed by atoms with Crippen LogP contribution in [0.3, 0.4) is 0 Å². The number of halogens is 3. The van der Waals surface area contributed by atoms with E-state index in [2.05, 4.69) is 4.37 Å². The van der Waals surface area contributed by atoms with Gasteiger partial charge >= 0.3 is 0 Å². The molecule has 0 atom stereocenters. The van der Waals surface area contributed by atoms with Crippen molar-refractivity contribution in [3.05, 3.63) is 40.6 Å². The molecule has 0 aliphatic heterocycles. The zero-order chi connectivity index (χ0) is 12.4. The molecule has 1 heterocycles. The van der Waals surface area contributed by atoms with Gasteiger partial charge in [0.15, 0.2) is 22.5 Å². The molecule has 0 spiro atoms. The van der Waals surface area contributed by atoms with Crippen molar-refractivity contribution in [1.82, 2.24) is 4.37 Å². The SMILES string of the molecule is N#Cc1c(Cl)nsc1Oc1c(F)cccc1F. The maximum atomic E-state index is 13.3. The number of rotatable bonds is 2. The minimum Gasteiger partial charge on any atom is -0.437 e. The number of para-hydroxylation sites is 1. The van der Waals surface area contributed by atoms with Crippen LogP contribution < -0.4 is 4.74 Å². The summed E-state index contributed by atoms with van der Waals surface area (Å²) in [4.78, 5) is 0. The van der Waals surface area contributed by atoms with Gasteiger partial charge < -0.3 is 4.74 Å². The Balaban J connectivity index is 2.42. The topological polar surface area (TPSA) is 45.9 Å². The first-order chi connectivity index (χ1) is 8.13. The van der Waals surface area contributed by atoms with Crippen molar-refractivity contribution in [2.24, 2.45) is 0 Å². The second-order valence-electron chi connectivity index (χ2n) is 2.90. The third kappa shape index (κ3) is 2.20. The molecule has 3 nitrogen and oxygen atoms in total. The van der Waals surface area contributed by atoms with Gasteiger partial charge in [-0.3, -0.25) is 0 Å². The highest BCUT2D eigenvalue weighted by molar-refractivity contribution is 7.08. The molecule has 0 fully saturated rings. The van der Waals surface area contributed by atoms with Gasteiger partial charge in [0, 0.05) is 11.5 Å². The largest absolute Gasteiger partial charge is 0.437 e. The number of nitriles is 1. The monoisotopic (exact) mass is 272 g/mol. The Labute approximate surface area is 104 Å². The Morgan fingerprint density at radius 3 is 2.59 bits per heavy atom. The van der Waals surface area contributed by atoms with Gasteiger partial charge in [-0.05, 0) is 12.1 Å². The second kappa shape index (κ2) is 4.65. The third-order valence-electron chi connectivity index (χ3n) is 1.84. The fraction of sp³-hybridized carbons (Fsp3) is 0. The summed E-state index contributed by atoms with van der Waals surface area (Å²) < 4.78 is 35.2. The van der Waals surface area contributed by atoms with Crippen LogP contribution in [-0.2, 0) is 0 Å². The Kier molecular flexibility index (Phi) is 3.22. The Morgan fingerprint density at radius 2 is 2.00 bits per heavy atom. The van der Waals surface area contributed by atoms with Crippen molar-refractivity contribution in [2.75, 3.05) is 0 Å². The van der Waals surface area contributed by atoms with Crippen molar-refractivity contribution in [2.45, 2.75) is 0 Å². The Bertz CT molecular complexity index is 589. The van der Waals surface area contributed by atoms with Crippen LogP contribution in [0.25, 0.3) is 0 Å². The summed E-state index contributed by atoms with van der Waals surface area (Å²) in [5.41, 5.74) is -0.0423. The van der Waals surface area contributed by atoms with E-state index in [0.717, 1.165) is 23.7 Å². The van der Waals surface area contributed by atoms with Crippen molar-refractivity contribution < 1.29 is 13.5 Å². The normalized spacial score (nSPS) is 10.0. The quantitative estimate of drug-likeness (QED) is 0.836. The van der Waals surface area contributed by atoms with Crippen LogP contribution in [0, 0.1) is 23.0 Å². The maximum Gasteiger partial charge on any atom is 0.219 e. The molecule has 17 heavy (non-hydrogen) atoms. The fourth-order valence-corrected chi connectivity index (χ4v) is 1.99. The fourth-order valence-electron chi connectivity index (χ4n) is 1.09. The van der Waals surface area contributed by atoms with Gasteiger partial charge in [-0.15, -0.1) is 0 Å². The van der Waals surface area contributed by atoms with E-state index < -0.39 is 17.4 Å². The van der Waals surface area contributed by atoms with E-state index in [-0.39, 0.29) is 15.8 Å². The van der Waals surface area contributed by atoms with Crippen molar-refractivity contribution in [3.8, 4) is 16.9 Å². The number of hydrogen-bond acceptors (Lipinski definition) is 4. The molecule has 0 radical (unpaired) electrons. The predicted octanol–water partition coefficient (Wildman–Crippen LogP) is 3.74. The summed E-state index contributed by atoms with van der Waals surface area (Å²) in [6.45, 7) is 0. The molecule has 0 aliphatic rings. The van der Waals surface area contributed by atoms with Crippen molar-refractivity contribution >= 4 is 23.1 Å². The lowest BCUT2D eigenvalue weighted by Gasteiger charge is -2.04. The van der Waals surface area contributed by atoms with Gasteiger partial charge in [0.05, 0.1) is 0 Å². The van der Waals surface area contributed by atoms with Crippen LogP contribution >= 0.6 is 23.1 Å². The van der Waals surface area contributed by atoms with E-state index in [1.54, 1.807) is 6.07 Å². The molecule has 2 rings (SSSR count). The highest BCUT2D eigenvalue weighted by Gasteiger charge is 2.18. The molecule has 0 unspecified atom stereocenters. The van der Waals surface area contributed by atoms with Crippen LogP contribution in [-0.4, -0.2) is 4.37 Å². The smallest absolute Gasteiger partial charge is 0.219 e. The maximum absolute atomic E-state index is 13.3. The van der Waals surface area contributed by atoms with Gasteiger partial charge in [0.1, 0.15) is 11.6 Å². The van der Waals surface area contributed by atoms with Crippen LogP contribution in [0.15, 0.2) is 18.2 Å². The van der Waals surface area contributed by atoms with E-state index in [4.69, 9.17) is 21.6 Å². The van der Waals surface area contributed by atoms with E-state index in [1.165, 1.54) is 6.07 Å². The zero-order valence-electron chi connectivity index (χ0n) is 8.08. The number of benzene rings is 1. The van der Waals surface area contributed by atoms with Crippen molar-refractivity contribution in [3.63, 3.8) is 0 Å². The molecule has 0 saturated heterocycles. The molecule has 1 aromatic carbocycles. The highest BCUT2D eigenvalue weighted by atomic mass is 35.5. The van der Waals surface area contributed by atoms with E-state index >= 15 is 0 Å². The van der Waals surface area contributed by atoms with Crippen LogP contribution in [0.5, 0.6) is 10.8 Å². The molecule has 0 amide bonds. The van der Waals surface area contributed by atoms with Gasteiger partial charge in [-0.2, -0.15) is 9.64 Å². The summed E-state index contributed by atoms with van der Waals surface area (Å²) in [5.74, 6) is -2.30. The van der Waals surface area contributed by atoms with Crippen LogP contribution in [0.2, 0.25) is 5.15 Å². The lowest BCUT2D eigenvalue weighted by Crippen LogP contribution is -1.91. The molecular formula is C10H3ClF2N2OS. The molecule has 2 aromatic rings. The number of aromatic nitrogens is 1. The Morgan fingerprint density at radius 1 is 1.35 bits per heavy atom. The summed E-state index contributed by atoms with van der Waals surface area (Å²) in [6, 6.07) is 5.06. The minimum absolute atomic E-state index is 0.0403. The number of ether oxygens (including phenoxy) is 1. The first-order valence-electron chi connectivity index (χ1n) is 4.30. The van der Waals surface area contributed by atoms with E-state index in [9.17, 15) is 8.78 Å². The van der Waals surface area contributed by atoms with Gasteiger partial charge in [0.25, 0.3) is 0 Å². The number of nitrogens with zero attached hydrogens (tertiary/aromatic N) is 2. The lowest BCUT2D eigenvalue weighted by molar-refractivity contribution is 0.415. The average molecular weight is 273 g/mol. The number of hydrogen-bond donors (Lipinski definition) is 0. The standard InChI is InChI=1S/C10H3ClF2N2OS/c11-9-5(4-14)10(17-15-9)16-8-6(12)2-1-3-7(8)13/h1-3H. The summed E-state index contributed by atoms with van der Waals surface area (Å²) in [7, 11) is 0. The third-order valence-corrected chi connectivity index (χ3v) is 2.95. The predicted molar refractivity (Wildman–Crippen MR) is 58.3 cm³/mol. The van der Waals surface area contributed by atoms with Crippen molar-refractivity contribution in [1.29, 1.82) is 5.26 Å². The van der Waals surface area contributed by atoms with Gasteiger partial charge in [-0.25, -0.2) is 8.78 Å². The summed E-state index contributed by atoms with van der Waals surface area (Å²) in [5, 5.41) is 8.68. The first kappa shape index (κ1) is 11.8. The minimum atomic E-state index is -0.863. The second-order valence-corrected chi connectivity index (χ2v) is 3.99. The molecule has 0 N–H and O–H groups in total. The van der Waals surface area contributed by atoms with E-state index in [1.807, 2.05) is 0 Å². The average Bonchev–Trinajstić information content (AvgIpc) is 2.64. The molecule has 1 aromatic heterocycles. The molecule has 7 heteroatoms. The Hall–Kier alpha value is -1.71. The zero-order valence-corrected chi connectivity index (χ0v) is 9.65. The molecule has 0 aliphatic carbocycles. The van der Waals surface area contributed by atoms with Gasteiger partial charge in [-0.1, -0.05) is 17.7 Å². The summed E-state index contributed by atoms with van der Waals surface area (Å²) in [6.07, 6.45) is 0. The highest BCUT2D eigenvalue weighted by Crippen LogP contribution is 2.35. The van der Waals surface area contributed by atoms with Gasteiger partial charge in [0.2, 0.25) is 5.06 Å². The van der Waals surface area contributed by atoms with Crippen LogP contribution in [0.4, 0.5) is 8.78 Å². The molecular weight excluding hydrogens is 270 g/mol.